The van der Waals surface area contributed by atoms with Crippen LogP contribution in [-0.2, 0) is 10.0 Å². The van der Waals surface area contributed by atoms with Crippen molar-refractivity contribution in [3.63, 3.8) is 0 Å². The summed E-state index contributed by atoms with van der Waals surface area (Å²) >= 11 is 11.7. The largest absolute Gasteiger partial charge is 0.393 e. The SMILES string of the molecule is CC(O)C1CCN(S(=O)(=O)c2ccc(Cl)c(Cl)c2)CC1. The molecule has 1 fully saturated rings. The molecule has 0 spiro atoms. The molecular formula is C13H17Cl2NO3S. The van der Waals surface area contributed by atoms with Crippen molar-refractivity contribution in [1.82, 2.24) is 4.31 Å². The number of hydrogen-bond donors (Lipinski definition) is 1. The molecule has 1 atom stereocenters. The van der Waals surface area contributed by atoms with Crippen LogP contribution < -0.4 is 0 Å². The van der Waals surface area contributed by atoms with Crippen molar-refractivity contribution in [3.05, 3.63) is 28.2 Å². The van der Waals surface area contributed by atoms with Crippen LogP contribution in [0.5, 0.6) is 0 Å². The van der Waals surface area contributed by atoms with Gasteiger partial charge in [-0.15, -0.1) is 0 Å². The molecule has 0 radical (unpaired) electrons. The van der Waals surface area contributed by atoms with E-state index in [1.807, 2.05) is 0 Å². The molecule has 1 saturated heterocycles. The standard InChI is InChI=1S/C13H17Cl2NO3S/c1-9(17)10-4-6-16(7-5-10)20(18,19)11-2-3-12(14)13(15)8-11/h2-3,8-10,17H,4-7H2,1H3. The van der Waals surface area contributed by atoms with Gasteiger partial charge in [-0.05, 0) is 43.9 Å². The Labute approximate surface area is 129 Å². The average Bonchev–Trinajstić information content (AvgIpc) is 2.41. The van der Waals surface area contributed by atoms with E-state index >= 15 is 0 Å². The van der Waals surface area contributed by atoms with Crippen LogP contribution in [0, 0.1) is 5.92 Å². The number of aliphatic hydroxyl groups is 1. The summed E-state index contributed by atoms with van der Waals surface area (Å²) in [7, 11) is -3.54. The molecule has 112 valence electrons. The maximum atomic E-state index is 12.5. The van der Waals surface area contributed by atoms with Gasteiger partial charge in [0.15, 0.2) is 0 Å². The van der Waals surface area contributed by atoms with Gasteiger partial charge in [-0.2, -0.15) is 4.31 Å². The van der Waals surface area contributed by atoms with Crippen molar-refractivity contribution < 1.29 is 13.5 Å². The van der Waals surface area contributed by atoms with Gasteiger partial charge in [0.05, 0.1) is 21.0 Å². The fourth-order valence-electron chi connectivity index (χ4n) is 2.38. The topological polar surface area (TPSA) is 57.6 Å². The molecule has 1 N–H and O–H groups in total. The van der Waals surface area contributed by atoms with E-state index in [0.29, 0.717) is 31.0 Å². The summed E-state index contributed by atoms with van der Waals surface area (Å²) in [5, 5.41) is 10.1. The Morgan fingerprint density at radius 2 is 1.85 bits per heavy atom. The van der Waals surface area contributed by atoms with Crippen LogP contribution in [0.15, 0.2) is 23.1 Å². The first-order chi connectivity index (χ1) is 9.32. The molecule has 0 bridgehead atoms. The van der Waals surface area contributed by atoms with Gasteiger partial charge in [-0.1, -0.05) is 23.2 Å². The average molecular weight is 338 g/mol. The van der Waals surface area contributed by atoms with Crippen molar-refractivity contribution in [2.45, 2.75) is 30.8 Å². The molecule has 7 heteroatoms. The molecule has 2 rings (SSSR count). The number of aliphatic hydroxyl groups excluding tert-OH is 1. The number of piperidine rings is 1. The quantitative estimate of drug-likeness (QED) is 0.922. The Balaban J connectivity index is 2.17. The Kier molecular flexibility index (Phi) is 4.97. The molecule has 0 saturated carbocycles. The summed E-state index contributed by atoms with van der Waals surface area (Å²) in [4.78, 5) is 0.155. The van der Waals surface area contributed by atoms with Crippen molar-refractivity contribution in [1.29, 1.82) is 0 Å². The lowest BCUT2D eigenvalue weighted by Gasteiger charge is -2.32. The predicted molar refractivity (Wildman–Crippen MR) is 79.6 cm³/mol. The Morgan fingerprint density at radius 3 is 2.35 bits per heavy atom. The zero-order valence-electron chi connectivity index (χ0n) is 11.1. The molecule has 20 heavy (non-hydrogen) atoms. The van der Waals surface area contributed by atoms with Crippen LogP contribution in [0.3, 0.4) is 0 Å². The lowest BCUT2D eigenvalue weighted by atomic mass is 9.93. The summed E-state index contributed by atoms with van der Waals surface area (Å²) < 4.78 is 26.4. The second kappa shape index (κ2) is 6.20. The lowest BCUT2D eigenvalue weighted by molar-refractivity contribution is 0.0912. The third kappa shape index (κ3) is 3.28. The van der Waals surface area contributed by atoms with Gasteiger partial charge in [0, 0.05) is 13.1 Å². The van der Waals surface area contributed by atoms with Gasteiger partial charge in [0.25, 0.3) is 0 Å². The fraction of sp³-hybridized carbons (Fsp3) is 0.538. The first-order valence-corrected chi connectivity index (χ1v) is 8.65. The summed E-state index contributed by atoms with van der Waals surface area (Å²) in [6.45, 7) is 2.57. The summed E-state index contributed by atoms with van der Waals surface area (Å²) in [6.07, 6.45) is 0.931. The number of nitrogens with zero attached hydrogens (tertiary/aromatic N) is 1. The predicted octanol–water partition coefficient (Wildman–Crippen LogP) is 2.77. The molecule has 1 unspecified atom stereocenters. The van der Waals surface area contributed by atoms with Crippen LogP contribution in [0.1, 0.15) is 19.8 Å². The van der Waals surface area contributed by atoms with E-state index in [9.17, 15) is 13.5 Å². The molecular weight excluding hydrogens is 321 g/mol. The highest BCUT2D eigenvalue weighted by Crippen LogP contribution is 2.29. The maximum Gasteiger partial charge on any atom is 0.243 e. The Bertz CT molecular complexity index is 581. The second-order valence-corrected chi connectivity index (χ2v) is 7.81. The zero-order chi connectivity index (χ0) is 14.9. The van der Waals surface area contributed by atoms with Crippen molar-refractivity contribution >= 4 is 33.2 Å². The van der Waals surface area contributed by atoms with E-state index < -0.39 is 16.1 Å². The number of rotatable bonds is 3. The normalized spacial score (nSPS) is 20.0. The van der Waals surface area contributed by atoms with Crippen molar-refractivity contribution in [3.8, 4) is 0 Å². The molecule has 0 aliphatic carbocycles. The van der Waals surface area contributed by atoms with Crippen LogP contribution in [0.25, 0.3) is 0 Å². The van der Waals surface area contributed by atoms with Crippen LogP contribution in [0.4, 0.5) is 0 Å². The molecule has 4 nitrogen and oxygen atoms in total. The highest BCUT2D eigenvalue weighted by molar-refractivity contribution is 7.89. The minimum Gasteiger partial charge on any atom is -0.393 e. The van der Waals surface area contributed by atoms with E-state index in [1.54, 1.807) is 6.92 Å². The Morgan fingerprint density at radius 1 is 1.25 bits per heavy atom. The van der Waals surface area contributed by atoms with Crippen LogP contribution >= 0.6 is 23.2 Å². The van der Waals surface area contributed by atoms with Crippen molar-refractivity contribution in [2.24, 2.45) is 5.92 Å². The minimum absolute atomic E-state index is 0.155. The molecule has 0 amide bonds. The first-order valence-electron chi connectivity index (χ1n) is 6.45. The molecule has 1 aromatic rings. The van der Waals surface area contributed by atoms with Crippen molar-refractivity contribution in [2.75, 3.05) is 13.1 Å². The van der Waals surface area contributed by atoms with Gasteiger partial charge in [-0.25, -0.2) is 8.42 Å². The monoisotopic (exact) mass is 337 g/mol. The zero-order valence-corrected chi connectivity index (χ0v) is 13.4. The highest BCUT2D eigenvalue weighted by atomic mass is 35.5. The molecule has 0 aromatic heterocycles. The number of halogens is 2. The van der Waals surface area contributed by atoms with E-state index in [0.717, 1.165) is 0 Å². The Hall–Kier alpha value is -0.330. The van der Waals surface area contributed by atoms with Crippen LogP contribution in [0.2, 0.25) is 10.0 Å². The lowest BCUT2D eigenvalue weighted by Crippen LogP contribution is -2.40. The van der Waals surface area contributed by atoms with Gasteiger partial charge in [0.2, 0.25) is 10.0 Å². The van der Waals surface area contributed by atoms with E-state index in [-0.39, 0.29) is 15.8 Å². The summed E-state index contributed by atoms with van der Waals surface area (Å²) in [6, 6.07) is 4.32. The molecule has 1 aliphatic rings. The van der Waals surface area contributed by atoms with Gasteiger partial charge in [0.1, 0.15) is 0 Å². The molecule has 1 aromatic carbocycles. The number of hydrogen-bond acceptors (Lipinski definition) is 3. The highest BCUT2D eigenvalue weighted by Gasteiger charge is 2.31. The molecule has 1 heterocycles. The maximum absolute atomic E-state index is 12.5. The second-order valence-electron chi connectivity index (χ2n) is 5.06. The van der Waals surface area contributed by atoms with E-state index in [4.69, 9.17) is 23.2 Å². The van der Waals surface area contributed by atoms with Gasteiger partial charge in [-0.3, -0.25) is 0 Å². The van der Waals surface area contributed by atoms with Crippen LogP contribution in [-0.4, -0.2) is 37.0 Å². The summed E-state index contributed by atoms with van der Waals surface area (Å²) in [5.41, 5.74) is 0. The van der Waals surface area contributed by atoms with E-state index in [2.05, 4.69) is 0 Å². The van der Waals surface area contributed by atoms with Gasteiger partial charge < -0.3 is 5.11 Å². The van der Waals surface area contributed by atoms with E-state index in [1.165, 1.54) is 22.5 Å². The minimum atomic E-state index is -3.54. The number of benzene rings is 1. The first kappa shape index (κ1) is 16.0. The third-order valence-corrected chi connectivity index (χ3v) is 6.34. The number of sulfonamides is 1. The summed E-state index contributed by atoms with van der Waals surface area (Å²) in [5.74, 6) is 0.162. The smallest absolute Gasteiger partial charge is 0.243 e. The third-order valence-electron chi connectivity index (χ3n) is 3.71. The van der Waals surface area contributed by atoms with Gasteiger partial charge >= 0.3 is 0 Å². The molecule has 1 aliphatic heterocycles. The fourth-order valence-corrected chi connectivity index (χ4v) is 4.24.